The molecule has 4 aromatic rings. The van der Waals surface area contributed by atoms with Gasteiger partial charge < -0.3 is 5.32 Å². The van der Waals surface area contributed by atoms with Crippen LogP contribution in [0, 0.1) is 17.0 Å². The summed E-state index contributed by atoms with van der Waals surface area (Å²) in [5.41, 5.74) is 3.84. The van der Waals surface area contributed by atoms with Crippen LogP contribution in [0.1, 0.15) is 11.1 Å². The number of aromatic nitrogens is 1. The normalized spacial score (nSPS) is 11.2. The monoisotopic (exact) mass is 449 g/mol. The van der Waals surface area contributed by atoms with Gasteiger partial charge in [0.1, 0.15) is 10.0 Å². The van der Waals surface area contributed by atoms with Gasteiger partial charge in [0.05, 0.1) is 15.1 Å². The van der Waals surface area contributed by atoms with Crippen LogP contribution in [0.5, 0.6) is 0 Å². The molecular weight excluding hydrogens is 434 g/mol. The number of benzene rings is 3. The molecule has 0 bridgehead atoms. The van der Waals surface area contributed by atoms with Crippen molar-refractivity contribution in [2.45, 2.75) is 6.92 Å². The standard InChI is InChI=1S/C23H16ClN3O3S/c1-14-12-16(23-26-19-4-2-3-5-21(19)31-23)8-10-18(14)25-22(28)11-7-15-6-9-17(24)20(13-15)27(29)30/h2-13H,1H3,(H,25,28). The van der Waals surface area contributed by atoms with Crippen molar-refractivity contribution in [1.29, 1.82) is 0 Å². The number of aryl methyl sites for hydroxylation is 1. The third kappa shape index (κ3) is 4.63. The number of para-hydroxylation sites is 1. The van der Waals surface area contributed by atoms with Crippen LogP contribution in [0.4, 0.5) is 11.4 Å². The van der Waals surface area contributed by atoms with Gasteiger partial charge in [-0.3, -0.25) is 14.9 Å². The Kier molecular flexibility index (Phi) is 5.79. The Morgan fingerprint density at radius 3 is 2.71 bits per heavy atom. The fraction of sp³-hybridized carbons (Fsp3) is 0.0435. The van der Waals surface area contributed by atoms with Gasteiger partial charge in [-0.1, -0.05) is 29.8 Å². The molecule has 0 atom stereocenters. The number of carbonyl (C=O) groups is 1. The zero-order chi connectivity index (χ0) is 22.0. The number of nitrogens with one attached hydrogen (secondary N) is 1. The second-order valence-electron chi connectivity index (χ2n) is 6.81. The molecular formula is C23H16ClN3O3S. The summed E-state index contributed by atoms with van der Waals surface area (Å²) in [4.78, 5) is 27.4. The van der Waals surface area contributed by atoms with E-state index in [-0.39, 0.29) is 16.6 Å². The van der Waals surface area contributed by atoms with E-state index < -0.39 is 4.92 Å². The molecule has 0 spiro atoms. The van der Waals surface area contributed by atoms with E-state index in [4.69, 9.17) is 11.6 Å². The molecule has 154 valence electrons. The van der Waals surface area contributed by atoms with Crippen molar-refractivity contribution >= 4 is 56.5 Å². The van der Waals surface area contributed by atoms with Gasteiger partial charge in [-0.25, -0.2) is 4.98 Å². The third-order valence-corrected chi connectivity index (χ3v) is 6.02. The zero-order valence-corrected chi connectivity index (χ0v) is 17.9. The quantitative estimate of drug-likeness (QED) is 0.214. The largest absolute Gasteiger partial charge is 0.322 e. The molecule has 3 aromatic carbocycles. The van der Waals surface area contributed by atoms with Gasteiger partial charge in [0, 0.05) is 23.4 Å². The minimum Gasteiger partial charge on any atom is -0.322 e. The Hall–Kier alpha value is -3.55. The molecule has 0 saturated carbocycles. The zero-order valence-electron chi connectivity index (χ0n) is 16.3. The van der Waals surface area contributed by atoms with E-state index in [1.165, 1.54) is 24.3 Å². The summed E-state index contributed by atoms with van der Waals surface area (Å²) < 4.78 is 1.13. The topological polar surface area (TPSA) is 85.1 Å². The number of anilines is 1. The lowest BCUT2D eigenvalue weighted by molar-refractivity contribution is -0.384. The van der Waals surface area contributed by atoms with Crippen LogP contribution in [0.25, 0.3) is 26.9 Å². The lowest BCUT2D eigenvalue weighted by Gasteiger charge is -2.08. The van der Waals surface area contributed by atoms with Gasteiger partial charge in [-0.2, -0.15) is 0 Å². The van der Waals surface area contributed by atoms with Gasteiger partial charge in [-0.05, 0) is 60.5 Å². The predicted molar refractivity (Wildman–Crippen MR) is 126 cm³/mol. The Balaban J connectivity index is 1.49. The molecule has 0 unspecified atom stereocenters. The average Bonchev–Trinajstić information content (AvgIpc) is 3.18. The van der Waals surface area contributed by atoms with Gasteiger partial charge >= 0.3 is 0 Å². The average molecular weight is 450 g/mol. The van der Waals surface area contributed by atoms with E-state index in [0.717, 1.165) is 26.4 Å². The Labute approximate surface area is 187 Å². The number of hydrogen-bond acceptors (Lipinski definition) is 5. The maximum absolute atomic E-state index is 12.3. The smallest absolute Gasteiger partial charge is 0.288 e. The summed E-state index contributed by atoms with van der Waals surface area (Å²) in [6.07, 6.45) is 2.83. The van der Waals surface area contributed by atoms with Crippen LogP contribution in [0.2, 0.25) is 5.02 Å². The first-order valence-electron chi connectivity index (χ1n) is 9.30. The van der Waals surface area contributed by atoms with E-state index in [9.17, 15) is 14.9 Å². The highest BCUT2D eigenvalue weighted by molar-refractivity contribution is 7.21. The van der Waals surface area contributed by atoms with Crippen molar-refractivity contribution in [1.82, 2.24) is 4.98 Å². The molecule has 1 aromatic heterocycles. The van der Waals surface area contributed by atoms with Crippen molar-refractivity contribution < 1.29 is 9.72 Å². The molecule has 6 nitrogen and oxygen atoms in total. The van der Waals surface area contributed by atoms with E-state index in [1.807, 2.05) is 49.4 Å². The maximum Gasteiger partial charge on any atom is 0.288 e. The van der Waals surface area contributed by atoms with Crippen molar-refractivity contribution in [2.75, 3.05) is 5.32 Å². The predicted octanol–water partition coefficient (Wildman–Crippen LogP) is 6.49. The third-order valence-electron chi connectivity index (χ3n) is 4.62. The molecule has 0 aliphatic rings. The minimum absolute atomic E-state index is 0.0513. The number of halogens is 1. The summed E-state index contributed by atoms with van der Waals surface area (Å²) >= 11 is 7.43. The van der Waals surface area contributed by atoms with E-state index >= 15 is 0 Å². The lowest BCUT2D eigenvalue weighted by Crippen LogP contribution is -2.08. The first-order valence-corrected chi connectivity index (χ1v) is 10.5. The molecule has 4 rings (SSSR count). The van der Waals surface area contributed by atoms with Crippen molar-refractivity contribution in [3.8, 4) is 10.6 Å². The highest BCUT2D eigenvalue weighted by Gasteiger charge is 2.12. The second-order valence-corrected chi connectivity index (χ2v) is 8.24. The molecule has 31 heavy (non-hydrogen) atoms. The van der Waals surface area contributed by atoms with Crippen LogP contribution in [-0.4, -0.2) is 15.8 Å². The van der Waals surface area contributed by atoms with Gasteiger partial charge in [0.25, 0.3) is 5.69 Å². The first-order chi connectivity index (χ1) is 14.9. The fourth-order valence-corrected chi connectivity index (χ4v) is 4.20. The SMILES string of the molecule is Cc1cc(-c2nc3ccccc3s2)ccc1NC(=O)C=Cc1ccc(Cl)c([N+](=O)[O-])c1. The molecule has 1 amide bonds. The molecule has 0 aliphatic carbocycles. The summed E-state index contributed by atoms with van der Waals surface area (Å²) in [5.74, 6) is -0.339. The van der Waals surface area contributed by atoms with E-state index in [1.54, 1.807) is 17.4 Å². The summed E-state index contributed by atoms with van der Waals surface area (Å²) in [7, 11) is 0. The molecule has 0 radical (unpaired) electrons. The van der Waals surface area contributed by atoms with Crippen molar-refractivity contribution in [2.24, 2.45) is 0 Å². The first kappa shape index (κ1) is 20.7. The highest BCUT2D eigenvalue weighted by atomic mass is 35.5. The molecule has 1 N–H and O–H groups in total. The number of rotatable bonds is 5. The number of carbonyl (C=O) groups excluding carboxylic acids is 1. The molecule has 8 heteroatoms. The summed E-state index contributed by atoms with van der Waals surface area (Å²) in [5, 5.41) is 14.8. The van der Waals surface area contributed by atoms with Crippen LogP contribution in [0.15, 0.2) is 66.7 Å². The fourth-order valence-electron chi connectivity index (χ4n) is 3.05. The molecule has 0 aliphatic heterocycles. The van der Waals surface area contributed by atoms with Gasteiger partial charge in [0.15, 0.2) is 0 Å². The number of thiazole rings is 1. The van der Waals surface area contributed by atoms with Gasteiger partial charge in [-0.15, -0.1) is 11.3 Å². The number of nitro groups is 1. The number of fused-ring (bicyclic) bond motifs is 1. The van der Waals surface area contributed by atoms with Crippen LogP contribution in [0.3, 0.4) is 0 Å². The second kappa shape index (κ2) is 8.67. The van der Waals surface area contributed by atoms with Crippen LogP contribution in [-0.2, 0) is 4.79 Å². The Morgan fingerprint density at radius 2 is 1.97 bits per heavy atom. The molecule has 0 fully saturated rings. The van der Waals surface area contributed by atoms with Gasteiger partial charge in [0.2, 0.25) is 5.91 Å². The maximum atomic E-state index is 12.3. The van der Waals surface area contributed by atoms with Crippen LogP contribution >= 0.6 is 22.9 Å². The molecule has 1 heterocycles. The molecule has 0 saturated heterocycles. The Morgan fingerprint density at radius 1 is 1.16 bits per heavy atom. The van der Waals surface area contributed by atoms with E-state index in [0.29, 0.717) is 11.3 Å². The summed E-state index contributed by atoms with van der Waals surface area (Å²) in [6, 6.07) is 18.1. The number of hydrogen-bond donors (Lipinski definition) is 1. The lowest BCUT2D eigenvalue weighted by atomic mass is 10.1. The van der Waals surface area contributed by atoms with E-state index in [2.05, 4.69) is 10.3 Å². The van der Waals surface area contributed by atoms with Crippen molar-refractivity contribution in [3.05, 3.63) is 93.0 Å². The number of nitrogens with zero attached hydrogens (tertiary/aromatic N) is 2. The summed E-state index contributed by atoms with van der Waals surface area (Å²) in [6.45, 7) is 1.92. The number of nitro benzene ring substituents is 1. The van der Waals surface area contributed by atoms with Crippen molar-refractivity contribution in [3.63, 3.8) is 0 Å². The highest BCUT2D eigenvalue weighted by Crippen LogP contribution is 2.32. The minimum atomic E-state index is -0.559. The number of amides is 1. The Bertz CT molecular complexity index is 1310. The van der Waals surface area contributed by atoms with Crippen LogP contribution < -0.4 is 5.32 Å².